The van der Waals surface area contributed by atoms with Gasteiger partial charge in [0, 0.05) is 50.6 Å². The Morgan fingerprint density at radius 1 is 1.36 bits per heavy atom. The van der Waals surface area contributed by atoms with Gasteiger partial charge < -0.3 is 10.5 Å². The molecule has 0 aromatic carbocycles. The number of primary amides is 1. The number of ether oxygens (including phenoxy) is 1. The largest absolute Gasteiger partial charge is 0.369 e. The number of thiophene rings is 1. The summed E-state index contributed by atoms with van der Waals surface area (Å²) < 4.78 is 31.9. The number of hydrogen-bond donors (Lipinski definition) is 1. The van der Waals surface area contributed by atoms with Crippen LogP contribution >= 0.6 is 11.3 Å². The van der Waals surface area contributed by atoms with Crippen LogP contribution in [0.25, 0.3) is 0 Å². The number of rotatable bonds is 11. The Morgan fingerprint density at radius 3 is 2.46 bits per heavy atom. The van der Waals surface area contributed by atoms with E-state index in [9.17, 15) is 13.2 Å². The number of carbonyl (C=O) groups excluding carboxylic acids is 1. The molecule has 156 valence electrons. The monoisotopic (exact) mass is 427 g/mol. The summed E-state index contributed by atoms with van der Waals surface area (Å²) in [7, 11) is -2.29. The molecule has 0 bridgehead atoms. The highest BCUT2D eigenvalue weighted by molar-refractivity contribution is 7.93. The van der Waals surface area contributed by atoms with E-state index < -0.39 is 15.4 Å². The second-order valence-electron chi connectivity index (χ2n) is 6.79. The summed E-state index contributed by atoms with van der Waals surface area (Å²) in [5, 5.41) is 0. The van der Waals surface area contributed by atoms with Gasteiger partial charge in [0.25, 0.3) is 0 Å². The van der Waals surface area contributed by atoms with E-state index in [1.807, 2.05) is 18.2 Å². The SMILES string of the molecule is C=CCN(CC=C)Cc1ccc(S(=O)(=O)C(OC)N2CCC(C(N)=O)CC2)s1. The first-order valence-corrected chi connectivity index (χ1v) is 11.5. The zero-order valence-corrected chi connectivity index (χ0v) is 17.9. The van der Waals surface area contributed by atoms with Gasteiger partial charge >= 0.3 is 0 Å². The molecule has 1 saturated heterocycles. The van der Waals surface area contributed by atoms with E-state index in [2.05, 4.69) is 18.1 Å². The lowest BCUT2D eigenvalue weighted by Gasteiger charge is -2.34. The second kappa shape index (κ2) is 10.3. The number of amides is 1. The van der Waals surface area contributed by atoms with Crippen LogP contribution in [0.15, 0.2) is 41.7 Å². The van der Waals surface area contributed by atoms with E-state index in [1.54, 1.807) is 11.0 Å². The van der Waals surface area contributed by atoms with Crippen molar-refractivity contribution in [1.82, 2.24) is 9.80 Å². The van der Waals surface area contributed by atoms with Crippen molar-refractivity contribution in [3.63, 3.8) is 0 Å². The molecule has 1 aliphatic rings. The fourth-order valence-electron chi connectivity index (χ4n) is 3.35. The zero-order valence-electron chi connectivity index (χ0n) is 16.2. The number of nitrogens with zero attached hydrogens (tertiary/aromatic N) is 2. The summed E-state index contributed by atoms with van der Waals surface area (Å²) in [6.07, 6.45) is 4.70. The quantitative estimate of drug-likeness (QED) is 0.542. The van der Waals surface area contributed by atoms with Crippen molar-refractivity contribution < 1.29 is 17.9 Å². The fraction of sp³-hybridized carbons (Fsp3) is 0.526. The standard InChI is InChI=1S/C19H29N3O4S2/c1-4-10-21(11-5-2)14-16-6-7-17(27-16)28(24,25)19(26-3)22-12-8-15(9-13-22)18(20)23/h4-7,15,19H,1-2,8-14H2,3H3,(H2,20,23). The van der Waals surface area contributed by atoms with Gasteiger partial charge in [-0.05, 0) is 25.0 Å². The Morgan fingerprint density at radius 2 is 1.96 bits per heavy atom. The summed E-state index contributed by atoms with van der Waals surface area (Å²) in [6, 6.07) is 3.47. The van der Waals surface area contributed by atoms with Gasteiger partial charge in [0.05, 0.1) is 0 Å². The minimum atomic E-state index is -3.68. The Balaban J connectivity index is 2.12. The summed E-state index contributed by atoms with van der Waals surface area (Å²) in [6.45, 7) is 10.4. The van der Waals surface area contributed by atoms with Crippen LogP contribution in [0.2, 0.25) is 0 Å². The maximum absolute atomic E-state index is 13.1. The molecule has 1 aromatic heterocycles. The first-order valence-electron chi connectivity index (χ1n) is 9.16. The zero-order chi connectivity index (χ0) is 20.7. The molecule has 0 spiro atoms. The van der Waals surface area contributed by atoms with Crippen LogP contribution in [0.5, 0.6) is 0 Å². The predicted octanol–water partition coefficient (Wildman–Crippen LogP) is 1.82. The summed E-state index contributed by atoms with van der Waals surface area (Å²) in [4.78, 5) is 16.2. The van der Waals surface area contributed by atoms with Crippen molar-refractivity contribution >= 4 is 27.1 Å². The highest BCUT2D eigenvalue weighted by atomic mass is 32.2. The van der Waals surface area contributed by atoms with E-state index in [0.29, 0.717) is 45.6 Å². The summed E-state index contributed by atoms with van der Waals surface area (Å²) >= 11 is 1.25. The van der Waals surface area contributed by atoms with Crippen molar-refractivity contribution in [2.75, 3.05) is 33.3 Å². The van der Waals surface area contributed by atoms with E-state index in [0.717, 1.165) is 4.88 Å². The van der Waals surface area contributed by atoms with Crippen LogP contribution in [-0.4, -0.2) is 63.0 Å². The lowest BCUT2D eigenvalue weighted by Crippen LogP contribution is -2.48. The number of carbonyl (C=O) groups is 1. The average Bonchev–Trinajstić information content (AvgIpc) is 3.12. The molecule has 0 aliphatic carbocycles. The molecular weight excluding hydrogens is 398 g/mol. The molecule has 2 heterocycles. The van der Waals surface area contributed by atoms with Crippen molar-refractivity contribution in [3.05, 3.63) is 42.3 Å². The van der Waals surface area contributed by atoms with Gasteiger partial charge in [0.15, 0.2) is 0 Å². The van der Waals surface area contributed by atoms with Crippen molar-refractivity contribution in [3.8, 4) is 0 Å². The number of methoxy groups -OCH3 is 1. The van der Waals surface area contributed by atoms with Crippen LogP contribution in [0.1, 0.15) is 17.7 Å². The molecule has 1 atom stereocenters. The van der Waals surface area contributed by atoms with Gasteiger partial charge in [0.1, 0.15) is 4.21 Å². The summed E-state index contributed by atoms with van der Waals surface area (Å²) in [5.74, 6) is -0.534. The van der Waals surface area contributed by atoms with Gasteiger partial charge in [-0.1, -0.05) is 12.2 Å². The number of hydrogen-bond acceptors (Lipinski definition) is 7. The molecule has 1 fully saturated rings. The van der Waals surface area contributed by atoms with Gasteiger partial charge in [-0.15, -0.1) is 24.5 Å². The third-order valence-electron chi connectivity index (χ3n) is 4.77. The molecule has 0 radical (unpaired) electrons. The van der Waals surface area contributed by atoms with Crippen molar-refractivity contribution in [2.45, 2.75) is 29.2 Å². The second-order valence-corrected chi connectivity index (χ2v) is 10.2. The highest BCUT2D eigenvalue weighted by Crippen LogP contribution is 2.30. The molecule has 7 nitrogen and oxygen atoms in total. The smallest absolute Gasteiger partial charge is 0.228 e. The molecule has 0 saturated carbocycles. The summed E-state index contributed by atoms with van der Waals surface area (Å²) in [5.41, 5.74) is 4.30. The third kappa shape index (κ3) is 5.51. The number of piperidine rings is 1. The molecule has 1 aliphatic heterocycles. The minimum absolute atomic E-state index is 0.203. The van der Waals surface area contributed by atoms with E-state index in [1.165, 1.54) is 18.4 Å². The molecule has 9 heteroatoms. The predicted molar refractivity (Wildman–Crippen MR) is 111 cm³/mol. The minimum Gasteiger partial charge on any atom is -0.369 e. The average molecular weight is 428 g/mol. The van der Waals surface area contributed by atoms with Crippen LogP contribution in [0.3, 0.4) is 0 Å². The van der Waals surface area contributed by atoms with E-state index >= 15 is 0 Å². The Hall–Kier alpha value is -1.52. The molecule has 2 rings (SSSR count). The number of likely N-dealkylation sites (tertiary alicyclic amines) is 1. The maximum atomic E-state index is 13.1. The lowest BCUT2D eigenvalue weighted by molar-refractivity contribution is -0.123. The highest BCUT2D eigenvalue weighted by Gasteiger charge is 2.37. The fourth-order valence-corrected chi connectivity index (χ4v) is 6.47. The van der Waals surface area contributed by atoms with Crippen molar-refractivity contribution in [1.29, 1.82) is 0 Å². The van der Waals surface area contributed by atoms with Gasteiger partial charge in [-0.3, -0.25) is 14.6 Å². The Kier molecular flexibility index (Phi) is 8.38. The van der Waals surface area contributed by atoms with E-state index in [4.69, 9.17) is 10.5 Å². The normalized spacial score (nSPS) is 17.5. The van der Waals surface area contributed by atoms with Crippen LogP contribution in [0, 0.1) is 5.92 Å². The molecule has 28 heavy (non-hydrogen) atoms. The van der Waals surface area contributed by atoms with Crippen LogP contribution in [0.4, 0.5) is 0 Å². The topological polar surface area (TPSA) is 92.9 Å². The van der Waals surface area contributed by atoms with Crippen molar-refractivity contribution in [2.24, 2.45) is 11.7 Å². The molecule has 1 unspecified atom stereocenters. The van der Waals surface area contributed by atoms with Gasteiger partial charge in [-0.25, -0.2) is 8.42 Å². The first-order chi connectivity index (χ1) is 13.3. The van der Waals surface area contributed by atoms with Crippen LogP contribution < -0.4 is 5.73 Å². The van der Waals surface area contributed by atoms with Gasteiger partial charge in [0.2, 0.25) is 21.3 Å². The lowest BCUT2D eigenvalue weighted by atomic mass is 9.97. The number of sulfone groups is 1. The van der Waals surface area contributed by atoms with Crippen LogP contribution in [-0.2, 0) is 25.9 Å². The number of nitrogens with two attached hydrogens (primary N) is 1. The Labute approximate surface area is 171 Å². The third-order valence-corrected chi connectivity index (χ3v) is 8.30. The van der Waals surface area contributed by atoms with E-state index in [-0.39, 0.29) is 16.0 Å². The molecule has 1 aromatic rings. The first kappa shape index (κ1) is 22.8. The van der Waals surface area contributed by atoms with Gasteiger partial charge in [-0.2, -0.15) is 0 Å². The molecular formula is C19H29N3O4S2. The molecule has 1 amide bonds. The maximum Gasteiger partial charge on any atom is 0.228 e. The Bertz CT molecular complexity index is 773. The molecule has 2 N–H and O–H groups in total.